The molecule has 0 radical (unpaired) electrons. The van der Waals surface area contributed by atoms with Crippen molar-refractivity contribution < 1.29 is 13.2 Å². The van der Waals surface area contributed by atoms with Crippen LogP contribution in [0.4, 0.5) is 17.1 Å². The summed E-state index contributed by atoms with van der Waals surface area (Å²) in [6.07, 6.45) is 1.06. The second-order valence-corrected chi connectivity index (χ2v) is 6.39. The van der Waals surface area contributed by atoms with Crippen LogP contribution in [0.2, 0.25) is 0 Å². The van der Waals surface area contributed by atoms with Crippen molar-refractivity contribution >= 4 is 33.0 Å². The summed E-state index contributed by atoms with van der Waals surface area (Å²) in [5.74, 6) is -0.538. The van der Waals surface area contributed by atoms with Crippen molar-refractivity contribution in [2.75, 3.05) is 16.7 Å². The first kappa shape index (κ1) is 16.3. The molecule has 0 saturated heterocycles. The van der Waals surface area contributed by atoms with Crippen LogP contribution in [0.1, 0.15) is 10.4 Å². The van der Waals surface area contributed by atoms with E-state index >= 15 is 0 Å². The Labute approximate surface area is 132 Å². The lowest BCUT2D eigenvalue weighted by Gasteiger charge is -2.01. The van der Waals surface area contributed by atoms with Crippen molar-refractivity contribution in [2.45, 2.75) is 0 Å². The van der Waals surface area contributed by atoms with Crippen LogP contribution >= 0.6 is 0 Å². The summed E-state index contributed by atoms with van der Waals surface area (Å²) in [6.45, 7) is 0. The smallest absolute Gasteiger partial charge is 0.360 e. The topological polar surface area (TPSA) is 128 Å². The van der Waals surface area contributed by atoms with Gasteiger partial charge in [-0.1, -0.05) is 0 Å². The van der Waals surface area contributed by atoms with E-state index in [1.54, 1.807) is 36.4 Å². The van der Waals surface area contributed by atoms with Gasteiger partial charge in [-0.2, -0.15) is 0 Å². The number of rotatable bonds is 4. The lowest BCUT2D eigenvalue weighted by molar-refractivity contribution is 0.0992. The zero-order valence-corrected chi connectivity index (χ0v) is 13.0. The number of hydrogen-bond donors (Lipinski definition) is 2. The van der Waals surface area contributed by atoms with E-state index in [9.17, 15) is 13.2 Å². The van der Waals surface area contributed by atoms with E-state index in [1.165, 1.54) is 12.1 Å². The Morgan fingerprint density at radius 1 is 1.09 bits per heavy atom. The molecule has 0 atom stereocenters. The van der Waals surface area contributed by atoms with Crippen LogP contribution in [0.5, 0.6) is 0 Å². The van der Waals surface area contributed by atoms with Gasteiger partial charge < -0.3 is 5.73 Å². The van der Waals surface area contributed by atoms with Crippen molar-refractivity contribution in [3.63, 3.8) is 0 Å². The summed E-state index contributed by atoms with van der Waals surface area (Å²) in [5, 5.41) is 7.23. The molecule has 118 valence electrons. The summed E-state index contributed by atoms with van der Waals surface area (Å²) in [4.78, 5) is 15.2. The Hall–Kier alpha value is -3.03. The zero-order valence-electron chi connectivity index (χ0n) is 12.2. The standard InChI is InChI=1S/C14H13N5O3S/c1-23(21,22)18-13-8-6-12(7-9-13)16-19-17-14(20)10-2-4-11(15)5-3-10/h2-9H,1H3,(H2,15,20)/p+1. The highest BCUT2D eigenvalue weighted by atomic mass is 32.2. The van der Waals surface area contributed by atoms with Gasteiger partial charge in [-0.3, -0.25) is 9.52 Å². The lowest BCUT2D eigenvalue weighted by atomic mass is 10.2. The zero-order chi connectivity index (χ0) is 16.9. The van der Waals surface area contributed by atoms with E-state index in [0.29, 0.717) is 22.6 Å². The number of anilines is 2. The number of nitrogens with one attached hydrogen (secondary N) is 1. The third kappa shape index (κ3) is 5.34. The number of benzene rings is 2. The number of nitrogen functional groups attached to an aromatic ring is 1. The minimum absolute atomic E-state index is 0.353. The van der Waals surface area contributed by atoms with Crippen molar-refractivity contribution in [1.82, 2.24) is 4.91 Å². The van der Waals surface area contributed by atoms with E-state index in [2.05, 4.69) is 19.9 Å². The number of amides is 1. The molecule has 0 heterocycles. The predicted molar refractivity (Wildman–Crippen MR) is 86.7 cm³/mol. The van der Waals surface area contributed by atoms with E-state index in [1.807, 2.05) is 0 Å². The number of nitrogens with two attached hydrogens (primary N) is 1. The Morgan fingerprint density at radius 3 is 2.26 bits per heavy atom. The SMILES string of the molecule is CS(=O)(=O)Nc1ccc(N=[N+]=NC(=O)c2ccc(N)cc2)cc1. The Bertz CT molecular complexity index is 868. The summed E-state index contributed by atoms with van der Waals surface area (Å²) in [5.41, 5.74) is 7.26. The summed E-state index contributed by atoms with van der Waals surface area (Å²) in [7, 11) is -3.33. The van der Waals surface area contributed by atoms with Crippen molar-refractivity contribution in [3.8, 4) is 0 Å². The molecule has 0 bridgehead atoms. The maximum Gasteiger partial charge on any atom is 0.360 e. The van der Waals surface area contributed by atoms with Crippen molar-refractivity contribution in [2.24, 2.45) is 10.2 Å². The van der Waals surface area contributed by atoms with E-state index in [0.717, 1.165) is 6.26 Å². The Kier molecular flexibility index (Phi) is 4.85. The molecule has 0 spiro atoms. The average Bonchev–Trinajstić information content (AvgIpc) is 2.48. The second kappa shape index (κ2) is 6.82. The first-order valence-corrected chi connectivity index (χ1v) is 8.32. The van der Waals surface area contributed by atoms with Gasteiger partial charge in [-0.15, -0.1) is 0 Å². The fourth-order valence-corrected chi connectivity index (χ4v) is 2.17. The summed E-state index contributed by atoms with van der Waals surface area (Å²) in [6, 6.07) is 12.4. The molecule has 2 rings (SSSR count). The number of nitrogens with zero attached hydrogens (tertiary/aromatic N) is 3. The Balaban J connectivity index is 2.07. The molecule has 9 heteroatoms. The fourth-order valence-electron chi connectivity index (χ4n) is 1.61. The minimum Gasteiger partial charge on any atom is -0.399 e. The third-order valence-corrected chi connectivity index (χ3v) is 3.23. The van der Waals surface area contributed by atoms with Crippen molar-refractivity contribution in [3.05, 3.63) is 54.1 Å². The highest BCUT2D eigenvalue weighted by Gasteiger charge is 2.09. The lowest BCUT2D eigenvalue weighted by Crippen LogP contribution is -2.09. The number of carbonyl (C=O) groups is 1. The maximum atomic E-state index is 11.7. The van der Waals surface area contributed by atoms with Crippen LogP contribution in [0, 0.1) is 0 Å². The second-order valence-electron chi connectivity index (χ2n) is 4.64. The van der Waals surface area contributed by atoms with Crippen molar-refractivity contribution in [1.29, 1.82) is 0 Å². The average molecular weight is 332 g/mol. The highest BCUT2D eigenvalue weighted by Crippen LogP contribution is 2.16. The molecule has 2 aromatic rings. The van der Waals surface area contributed by atoms with Crippen LogP contribution in [0.25, 0.3) is 0 Å². The molecule has 1 amide bonds. The number of sulfonamides is 1. The van der Waals surface area contributed by atoms with Crippen LogP contribution in [0.3, 0.4) is 0 Å². The summed E-state index contributed by atoms with van der Waals surface area (Å²) >= 11 is 0. The molecule has 0 aliphatic carbocycles. The normalized spacial score (nSPS) is 10.5. The maximum absolute atomic E-state index is 11.7. The fraction of sp³-hybridized carbons (Fsp3) is 0.0714. The largest absolute Gasteiger partial charge is 0.399 e. The van der Waals surface area contributed by atoms with Gasteiger partial charge in [0.15, 0.2) is 10.8 Å². The van der Waals surface area contributed by atoms with Gasteiger partial charge in [-0.05, 0) is 48.5 Å². The molecule has 0 fully saturated rings. The van der Waals surface area contributed by atoms with Gasteiger partial charge in [-0.25, -0.2) is 8.42 Å². The summed E-state index contributed by atoms with van der Waals surface area (Å²) < 4.78 is 24.5. The molecular formula is C14H14N5O3S+. The third-order valence-electron chi connectivity index (χ3n) is 2.62. The van der Waals surface area contributed by atoms with Gasteiger partial charge in [0.05, 0.1) is 6.26 Å². The van der Waals surface area contributed by atoms with E-state index in [-0.39, 0.29) is 0 Å². The number of carbonyl (C=O) groups excluding carboxylic acids is 1. The van der Waals surface area contributed by atoms with E-state index in [4.69, 9.17) is 5.73 Å². The molecule has 0 aliphatic rings. The highest BCUT2D eigenvalue weighted by molar-refractivity contribution is 7.92. The van der Waals surface area contributed by atoms with Gasteiger partial charge in [0.1, 0.15) is 0 Å². The minimum atomic E-state index is -3.33. The Morgan fingerprint density at radius 2 is 1.70 bits per heavy atom. The first-order valence-electron chi connectivity index (χ1n) is 6.43. The van der Waals surface area contributed by atoms with Gasteiger partial charge >= 0.3 is 5.91 Å². The molecule has 23 heavy (non-hydrogen) atoms. The van der Waals surface area contributed by atoms with Crippen LogP contribution in [-0.4, -0.2) is 20.6 Å². The molecule has 0 unspecified atom stereocenters. The molecule has 8 nitrogen and oxygen atoms in total. The quantitative estimate of drug-likeness (QED) is 0.504. The van der Waals surface area contributed by atoms with Gasteiger partial charge in [0.25, 0.3) is 0 Å². The van der Waals surface area contributed by atoms with E-state index < -0.39 is 15.9 Å². The molecule has 0 aromatic heterocycles. The van der Waals surface area contributed by atoms with Crippen LogP contribution in [-0.2, 0) is 10.0 Å². The number of hydrogen-bond acceptors (Lipinski definition) is 5. The molecule has 2 aromatic carbocycles. The first-order chi connectivity index (χ1) is 10.8. The predicted octanol–water partition coefficient (Wildman–Crippen LogP) is 2.08. The molecule has 0 aliphatic heterocycles. The van der Waals surface area contributed by atoms with Crippen LogP contribution < -0.4 is 15.4 Å². The molecule has 3 N–H and O–H groups in total. The monoisotopic (exact) mass is 332 g/mol. The van der Waals surface area contributed by atoms with Crippen LogP contribution in [0.15, 0.2) is 58.8 Å². The van der Waals surface area contributed by atoms with Gasteiger partial charge in [0.2, 0.25) is 20.0 Å². The van der Waals surface area contributed by atoms with Gasteiger partial charge in [0, 0.05) is 16.9 Å². The molecule has 0 saturated carbocycles. The molecular weight excluding hydrogens is 318 g/mol.